The largest absolute Gasteiger partial charge is 0.452 e. The molecular weight excluding hydrogens is 412 g/mol. The molecule has 164 valence electrons. The molecule has 2 aliphatic rings. The maximum Gasteiger partial charge on any atom is 0.345 e. The lowest BCUT2D eigenvalue weighted by Gasteiger charge is -2.38. The van der Waals surface area contributed by atoms with E-state index in [1.807, 2.05) is 0 Å². The molecular formula is C20H26N2O7S. The second kappa shape index (κ2) is 9.11. The second-order valence-corrected chi connectivity index (χ2v) is 10.2. The Bertz CT molecular complexity index is 938. The van der Waals surface area contributed by atoms with Crippen molar-refractivity contribution in [1.29, 1.82) is 0 Å². The lowest BCUT2D eigenvalue weighted by Crippen LogP contribution is -2.50. The highest BCUT2D eigenvalue weighted by Gasteiger charge is 2.39. The molecule has 1 saturated heterocycles. The Morgan fingerprint density at radius 1 is 1.17 bits per heavy atom. The van der Waals surface area contributed by atoms with Crippen LogP contribution in [0.25, 0.3) is 0 Å². The van der Waals surface area contributed by atoms with E-state index in [9.17, 15) is 28.1 Å². The molecule has 0 bridgehead atoms. The molecule has 1 atom stereocenters. The molecule has 1 aliphatic heterocycles. The van der Waals surface area contributed by atoms with E-state index in [0.717, 1.165) is 32.1 Å². The van der Waals surface area contributed by atoms with E-state index in [1.54, 1.807) is 17.9 Å². The van der Waals surface area contributed by atoms with Crippen LogP contribution in [0.5, 0.6) is 0 Å². The molecule has 0 aromatic heterocycles. The minimum atomic E-state index is -3.18. The molecule has 9 nitrogen and oxygen atoms in total. The summed E-state index contributed by atoms with van der Waals surface area (Å²) in [4.78, 5) is 37.7. The van der Waals surface area contributed by atoms with Gasteiger partial charge in [-0.05, 0) is 31.7 Å². The molecule has 0 spiro atoms. The van der Waals surface area contributed by atoms with Crippen LogP contribution in [0.2, 0.25) is 0 Å². The molecule has 3 rings (SSSR count). The van der Waals surface area contributed by atoms with E-state index in [2.05, 4.69) is 0 Å². The number of nitro benzene ring substituents is 1. The normalized spacial score (nSPS) is 21.2. The van der Waals surface area contributed by atoms with Crippen molar-refractivity contribution in [2.75, 3.05) is 18.1 Å². The monoisotopic (exact) mass is 438 g/mol. The highest BCUT2D eigenvalue weighted by molar-refractivity contribution is 7.91. The first-order valence-electron chi connectivity index (χ1n) is 10.1. The number of carbonyl (C=O) groups excluding carboxylic acids is 2. The zero-order valence-electron chi connectivity index (χ0n) is 16.9. The Kier molecular flexibility index (Phi) is 6.74. The first-order valence-corrected chi connectivity index (χ1v) is 11.9. The third-order valence-electron chi connectivity index (χ3n) is 5.84. The quantitative estimate of drug-likeness (QED) is 0.379. The maximum absolute atomic E-state index is 13.0. The van der Waals surface area contributed by atoms with Gasteiger partial charge in [-0.2, -0.15) is 0 Å². The fourth-order valence-electron chi connectivity index (χ4n) is 4.40. The van der Waals surface area contributed by atoms with Gasteiger partial charge >= 0.3 is 5.97 Å². The number of nitrogens with zero attached hydrogens (tertiary/aromatic N) is 2. The van der Waals surface area contributed by atoms with Crippen molar-refractivity contribution in [3.63, 3.8) is 0 Å². The third kappa shape index (κ3) is 4.97. The average molecular weight is 439 g/mol. The van der Waals surface area contributed by atoms with Crippen molar-refractivity contribution in [2.24, 2.45) is 0 Å². The predicted molar refractivity (Wildman–Crippen MR) is 109 cm³/mol. The Morgan fingerprint density at radius 2 is 1.87 bits per heavy atom. The van der Waals surface area contributed by atoms with E-state index >= 15 is 0 Å². The molecule has 30 heavy (non-hydrogen) atoms. The van der Waals surface area contributed by atoms with Gasteiger partial charge in [0.15, 0.2) is 16.4 Å². The average Bonchev–Trinajstić information content (AvgIpc) is 3.06. The highest BCUT2D eigenvalue weighted by Crippen LogP contribution is 2.29. The minimum absolute atomic E-state index is 0.0450. The summed E-state index contributed by atoms with van der Waals surface area (Å²) >= 11 is 0. The van der Waals surface area contributed by atoms with E-state index in [4.69, 9.17) is 4.74 Å². The molecule has 10 heteroatoms. The van der Waals surface area contributed by atoms with E-state index in [0.29, 0.717) is 12.0 Å². The number of hydrogen-bond donors (Lipinski definition) is 0. The lowest BCUT2D eigenvalue weighted by atomic mass is 9.93. The summed E-state index contributed by atoms with van der Waals surface area (Å²) in [5, 5.41) is 11.2. The first-order chi connectivity index (χ1) is 14.2. The lowest BCUT2D eigenvalue weighted by molar-refractivity contribution is -0.385. The van der Waals surface area contributed by atoms with Gasteiger partial charge in [-0.25, -0.2) is 13.2 Å². The van der Waals surface area contributed by atoms with Crippen LogP contribution in [0.3, 0.4) is 0 Å². The molecule has 1 amide bonds. The molecule has 1 aromatic rings. The van der Waals surface area contributed by atoms with Gasteiger partial charge in [0.2, 0.25) is 0 Å². The van der Waals surface area contributed by atoms with E-state index in [-0.39, 0.29) is 28.8 Å². The summed E-state index contributed by atoms with van der Waals surface area (Å²) in [7, 11) is -3.18. The van der Waals surface area contributed by atoms with Gasteiger partial charge in [-0.1, -0.05) is 31.4 Å². The zero-order chi connectivity index (χ0) is 21.9. The number of amides is 1. The van der Waals surface area contributed by atoms with Gasteiger partial charge < -0.3 is 9.64 Å². The van der Waals surface area contributed by atoms with Crippen LogP contribution >= 0.6 is 0 Å². The van der Waals surface area contributed by atoms with Crippen LogP contribution in [0.4, 0.5) is 5.69 Å². The second-order valence-electron chi connectivity index (χ2n) is 7.95. The Hall–Kier alpha value is -2.49. The van der Waals surface area contributed by atoms with Crippen molar-refractivity contribution in [1.82, 2.24) is 4.90 Å². The van der Waals surface area contributed by atoms with Gasteiger partial charge in [0, 0.05) is 18.2 Å². The van der Waals surface area contributed by atoms with Crippen LogP contribution < -0.4 is 0 Å². The number of rotatable bonds is 6. The third-order valence-corrected chi connectivity index (χ3v) is 7.59. The van der Waals surface area contributed by atoms with Gasteiger partial charge in [-0.3, -0.25) is 14.9 Å². The fourth-order valence-corrected chi connectivity index (χ4v) is 6.11. The van der Waals surface area contributed by atoms with Crippen LogP contribution in [0.1, 0.15) is 54.4 Å². The number of aryl methyl sites for hydroxylation is 1. The molecule has 0 radical (unpaired) electrons. The first kappa shape index (κ1) is 22.2. The Morgan fingerprint density at radius 3 is 2.47 bits per heavy atom. The fraction of sp³-hybridized carbons (Fsp3) is 0.600. The van der Waals surface area contributed by atoms with Crippen molar-refractivity contribution < 1.29 is 27.7 Å². The molecule has 1 aromatic carbocycles. The number of carbonyl (C=O) groups is 2. The number of nitro groups is 1. The highest BCUT2D eigenvalue weighted by atomic mass is 32.2. The number of benzene rings is 1. The van der Waals surface area contributed by atoms with Crippen molar-refractivity contribution >= 4 is 27.4 Å². The van der Waals surface area contributed by atoms with Crippen LogP contribution in [-0.4, -0.2) is 60.3 Å². The summed E-state index contributed by atoms with van der Waals surface area (Å²) in [5.74, 6) is -1.42. The Labute approximate surface area is 175 Å². The predicted octanol–water partition coefficient (Wildman–Crippen LogP) is 2.41. The molecule has 0 N–H and O–H groups in total. The number of hydrogen-bond acceptors (Lipinski definition) is 7. The number of ether oxygens (including phenoxy) is 1. The molecule has 2 fully saturated rings. The topological polar surface area (TPSA) is 124 Å². The standard InChI is InChI=1S/C20H26N2O7S/c1-14-6-5-9-17(22(25)26)19(14)20(24)29-12-18(23)21(15-7-3-2-4-8-15)16-10-11-30(27,28)13-16/h5-6,9,15-16H,2-4,7-8,10-13H2,1H3. The van der Waals surface area contributed by atoms with Gasteiger partial charge in [0.05, 0.1) is 16.4 Å². The summed E-state index contributed by atoms with van der Waals surface area (Å²) in [6.45, 7) is 0.987. The van der Waals surface area contributed by atoms with Crippen LogP contribution in [0, 0.1) is 17.0 Å². The van der Waals surface area contributed by atoms with Crippen molar-refractivity contribution in [3.05, 3.63) is 39.4 Å². The van der Waals surface area contributed by atoms with Gasteiger partial charge in [0.25, 0.3) is 11.6 Å². The van der Waals surface area contributed by atoms with Crippen molar-refractivity contribution in [3.8, 4) is 0 Å². The summed E-state index contributed by atoms with van der Waals surface area (Å²) in [5.41, 5.74) is -0.172. The van der Waals surface area contributed by atoms with E-state index < -0.39 is 39.3 Å². The van der Waals surface area contributed by atoms with Crippen molar-refractivity contribution in [2.45, 2.75) is 57.5 Å². The SMILES string of the molecule is Cc1cccc([N+](=O)[O-])c1C(=O)OCC(=O)N(C1CCCCC1)C1CCS(=O)(=O)C1. The molecule has 1 unspecified atom stereocenters. The minimum Gasteiger partial charge on any atom is -0.452 e. The van der Waals surface area contributed by atoms with Crippen LogP contribution in [0.15, 0.2) is 18.2 Å². The van der Waals surface area contributed by atoms with Gasteiger partial charge in [-0.15, -0.1) is 0 Å². The number of sulfone groups is 1. The summed E-state index contributed by atoms with van der Waals surface area (Å²) < 4.78 is 29.1. The van der Waals surface area contributed by atoms with Gasteiger partial charge in [0.1, 0.15) is 5.56 Å². The zero-order valence-corrected chi connectivity index (χ0v) is 17.7. The summed E-state index contributed by atoms with van der Waals surface area (Å²) in [6.07, 6.45) is 4.96. The Balaban J connectivity index is 1.75. The smallest absolute Gasteiger partial charge is 0.345 e. The molecule has 1 heterocycles. The number of esters is 1. The maximum atomic E-state index is 13.0. The molecule has 1 saturated carbocycles. The van der Waals surface area contributed by atoms with Crippen LogP contribution in [-0.2, 0) is 19.4 Å². The molecule has 1 aliphatic carbocycles. The van der Waals surface area contributed by atoms with E-state index in [1.165, 1.54) is 12.1 Å². The summed E-state index contributed by atoms with van der Waals surface area (Å²) in [6, 6.07) is 3.75.